The molecule has 6 nitrogen and oxygen atoms in total. The molecule has 0 spiro atoms. The molecule has 0 aliphatic rings. The normalized spacial score (nSPS) is 11.4. The van der Waals surface area contributed by atoms with Crippen LogP contribution < -0.4 is 10.5 Å². The Morgan fingerprint density at radius 3 is 2.86 bits per heavy atom. The largest absolute Gasteiger partial charge is 0.389 e. The van der Waals surface area contributed by atoms with Gasteiger partial charge in [-0.05, 0) is 17.7 Å². The zero-order valence-corrected chi connectivity index (χ0v) is 12.9. The Bertz CT molecular complexity index is 712. The molecule has 0 aliphatic carbocycles. The lowest BCUT2D eigenvalue weighted by molar-refractivity contribution is 0.560. The van der Waals surface area contributed by atoms with E-state index < -0.39 is 10.0 Å². The Balaban J connectivity index is 1.94. The average Bonchev–Trinajstić information content (AvgIpc) is 2.91. The van der Waals surface area contributed by atoms with Crippen LogP contribution in [0.15, 0.2) is 42.7 Å². The highest BCUT2D eigenvalue weighted by atomic mass is 32.2. The van der Waals surface area contributed by atoms with Crippen LogP contribution in [0.25, 0.3) is 0 Å². The van der Waals surface area contributed by atoms with Crippen molar-refractivity contribution in [2.75, 3.05) is 6.54 Å². The fourth-order valence-corrected chi connectivity index (χ4v) is 3.08. The summed E-state index contributed by atoms with van der Waals surface area (Å²) in [6.45, 7) is 0.776. The van der Waals surface area contributed by atoms with E-state index in [0.29, 0.717) is 24.2 Å². The van der Waals surface area contributed by atoms with Crippen molar-refractivity contribution >= 4 is 27.2 Å². The van der Waals surface area contributed by atoms with Crippen molar-refractivity contribution in [1.29, 1.82) is 0 Å². The van der Waals surface area contributed by atoms with E-state index in [4.69, 9.17) is 18.0 Å². The molecule has 8 heteroatoms. The van der Waals surface area contributed by atoms with E-state index in [2.05, 4.69) is 9.82 Å². The standard InChI is InChI=1S/C13H16N4O2S2/c14-13(20)12-4-1-3-11(9-12)10-21(18,19)16-6-8-17-7-2-5-15-17/h1-5,7,9,16H,6,8,10H2,(H2,14,20). The van der Waals surface area contributed by atoms with E-state index in [0.717, 1.165) is 0 Å². The van der Waals surface area contributed by atoms with Gasteiger partial charge < -0.3 is 5.73 Å². The van der Waals surface area contributed by atoms with Gasteiger partial charge in [0.2, 0.25) is 10.0 Å². The minimum atomic E-state index is -3.41. The van der Waals surface area contributed by atoms with Gasteiger partial charge in [-0.2, -0.15) is 5.10 Å². The molecule has 2 aromatic rings. The van der Waals surface area contributed by atoms with Gasteiger partial charge in [0.1, 0.15) is 4.99 Å². The molecule has 1 aromatic heterocycles. The molecule has 0 saturated carbocycles. The quantitative estimate of drug-likeness (QED) is 0.729. The highest BCUT2D eigenvalue weighted by Crippen LogP contribution is 2.08. The summed E-state index contributed by atoms with van der Waals surface area (Å²) in [5.41, 5.74) is 6.84. The molecule has 1 aromatic carbocycles. The Morgan fingerprint density at radius 1 is 1.38 bits per heavy atom. The van der Waals surface area contributed by atoms with E-state index in [1.54, 1.807) is 47.4 Å². The lowest BCUT2D eigenvalue weighted by Gasteiger charge is -2.08. The van der Waals surface area contributed by atoms with Gasteiger partial charge in [0.25, 0.3) is 0 Å². The van der Waals surface area contributed by atoms with Crippen molar-refractivity contribution in [3.63, 3.8) is 0 Å². The van der Waals surface area contributed by atoms with Crippen LogP contribution in [0.1, 0.15) is 11.1 Å². The smallest absolute Gasteiger partial charge is 0.215 e. The summed E-state index contributed by atoms with van der Waals surface area (Å²) >= 11 is 4.88. The third-order valence-electron chi connectivity index (χ3n) is 2.79. The van der Waals surface area contributed by atoms with E-state index in [1.807, 2.05) is 0 Å². The molecule has 0 fully saturated rings. The highest BCUT2D eigenvalue weighted by Gasteiger charge is 2.11. The summed E-state index contributed by atoms with van der Waals surface area (Å²) in [7, 11) is -3.41. The second-order valence-electron chi connectivity index (χ2n) is 4.49. The lowest BCUT2D eigenvalue weighted by atomic mass is 10.1. The molecule has 0 aliphatic heterocycles. The first-order chi connectivity index (χ1) is 9.96. The molecule has 0 amide bonds. The summed E-state index contributed by atoms with van der Waals surface area (Å²) in [5.74, 6) is -0.109. The Labute approximate surface area is 129 Å². The van der Waals surface area contributed by atoms with Gasteiger partial charge in [-0.15, -0.1) is 0 Å². The molecule has 0 atom stereocenters. The summed E-state index contributed by atoms with van der Waals surface area (Å²) in [5, 5.41) is 4.00. The number of nitrogens with two attached hydrogens (primary N) is 1. The Hall–Kier alpha value is -1.77. The maximum atomic E-state index is 12.0. The average molecular weight is 324 g/mol. The van der Waals surface area contributed by atoms with Gasteiger partial charge in [0.15, 0.2) is 0 Å². The van der Waals surface area contributed by atoms with Gasteiger partial charge in [-0.1, -0.05) is 30.4 Å². The number of nitrogens with zero attached hydrogens (tertiary/aromatic N) is 2. The molecule has 2 rings (SSSR count). The molecule has 0 unspecified atom stereocenters. The van der Waals surface area contributed by atoms with Crippen LogP contribution in [0.3, 0.4) is 0 Å². The van der Waals surface area contributed by atoms with Gasteiger partial charge >= 0.3 is 0 Å². The highest BCUT2D eigenvalue weighted by molar-refractivity contribution is 7.88. The minimum Gasteiger partial charge on any atom is -0.389 e. The summed E-state index contributed by atoms with van der Waals surface area (Å²) < 4.78 is 28.2. The van der Waals surface area contributed by atoms with Crippen molar-refractivity contribution in [1.82, 2.24) is 14.5 Å². The first-order valence-corrected chi connectivity index (χ1v) is 8.36. The number of hydrogen-bond acceptors (Lipinski definition) is 4. The summed E-state index contributed by atoms with van der Waals surface area (Å²) in [4.78, 5) is 0.251. The molecule has 1 heterocycles. The number of sulfonamides is 1. The number of thiocarbonyl (C=S) groups is 1. The van der Waals surface area contributed by atoms with Gasteiger partial charge in [0.05, 0.1) is 12.3 Å². The van der Waals surface area contributed by atoms with Crippen LogP contribution in [0.4, 0.5) is 0 Å². The predicted octanol–water partition coefficient (Wildman–Crippen LogP) is 0.637. The molecule has 112 valence electrons. The van der Waals surface area contributed by atoms with Crippen LogP contribution in [0.5, 0.6) is 0 Å². The maximum Gasteiger partial charge on any atom is 0.215 e. The molecular weight excluding hydrogens is 308 g/mol. The topological polar surface area (TPSA) is 90.0 Å². The lowest BCUT2D eigenvalue weighted by Crippen LogP contribution is -2.28. The van der Waals surface area contributed by atoms with Crippen molar-refractivity contribution in [2.45, 2.75) is 12.3 Å². The minimum absolute atomic E-state index is 0.109. The second kappa shape index (κ2) is 6.79. The van der Waals surface area contributed by atoms with Crippen molar-refractivity contribution in [3.8, 4) is 0 Å². The number of hydrogen-bond donors (Lipinski definition) is 2. The third kappa shape index (κ3) is 4.92. The van der Waals surface area contributed by atoms with Crippen LogP contribution in [0, 0.1) is 0 Å². The number of aromatic nitrogens is 2. The zero-order chi connectivity index (χ0) is 15.3. The van der Waals surface area contributed by atoms with Crippen LogP contribution in [0.2, 0.25) is 0 Å². The summed E-state index contributed by atoms with van der Waals surface area (Å²) in [6.07, 6.45) is 3.43. The molecule has 0 saturated heterocycles. The van der Waals surface area contributed by atoms with Crippen molar-refractivity contribution < 1.29 is 8.42 Å². The number of nitrogens with one attached hydrogen (secondary N) is 1. The number of benzene rings is 1. The van der Waals surface area contributed by atoms with Gasteiger partial charge in [0, 0.05) is 24.5 Å². The second-order valence-corrected chi connectivity index (χ2v) is 6.73. The maximum absolute atomic E-state index is 12.0. The Morgan fingerprint density at radius 2 is 2.19 bits per heavy atom. The fourth-order valence-electron chi connectivity index (χ4n) is 1.83. The van der Waals surface area contributed by atoms with Crippen molar-refractivity contribution in [2.24, 2.45) is 5.73 Å². The van der Waals surface area contributed by atoms with E-state index in [1.165, 1.54) is 0 Å². The van der Waals surface area contributed by atoms with E-state index >= 15 is 0 Å². The van der Waals surface area contributed by atoms with E-state index in [9.17, 15) is 8.42 Å². The van der Waals surface area contributed by atoms with Crippen molar-refractivity contribution in [3.05, 3.63) is 53.9 Å². The summed E-state index contributed by atoms with van der Waals surface area (Å²) in [6, 6.07) is 8.70. The molecule has 21 heavy (non-hydrogen) atoms. The van der Waals surface area contributed by atoms with Crippen LogP contribution in [-0.2, 0) is 22.3 Å². The Kier molecular flexibility index (Phi) is 5.05. The monoisotopic (exact) mass is 324 g/mol. The fraction of sp³-hybridized carbons (Fsp3) is 0.231. The number of rotatable bonds is 7. The van der Waals surface area contributed by atoms with E-state index in [-0.39, 0.29) is 10.7 Å². The SMILES string of the molecule is NC(=S)c1cccc(CS(=O)(=O)NCCn2cccn2)c1. The third-order valence-corrected chi connectivity index (χ3v) is 4.38. The molecule has 3 N–H and O–H groups in total. The molecule has 0 bridgehead atoms. The molecule has 0 radical (unpaired) electrons. The van der Waals surface area contributed by atoms with Crippen LogP contribution >= 0.6 is 12.2 Å². The van der Waals surface area contributed by atoms with Gasteiger partial charge in [-0.3, -0.25) is 4.68 Å². The predicted molar refractivity (Wildman–Crippen MR) is 85.2 cm³/mol. The van der Waals surface area contributed by atoms with Gasteiger partial charge in [-0.25, -0.2) is 13.1 Å². The first kappa shape index (κ1) is 15.6. The molecular formula is C13H16N4O2S2. The zero-order valence-electron chi connectivity index (χ0n) is 11.3. The first-order valence-electron chi connectivity index (χ1n) is 6.30. The van der Waals surface area contributed by atoms with Crippen LogP contribution in [-0.4, -0.2) is 29.7 Å².